The van der Waals surface area contributed by atoms with Crippen LogP contribution >= 0.6 is 0 Å². The number of carbonyl (C=O) groups is 1. The maximum Gasteiger partial charge on any atom is 0.416 e. The van der Waals surface area contributed by atoms with Gasteiger partial charge in [-0.2, -0.15) is 13.2 Å². The molecule has 0 radical (unpaired) electrons. The summed E-state index contributed by atoms with van der Waals surface area (Å²) in [5.41, 5.74) is 0.0959. The van der Waals surface area contributed by atoms with E-state index in [1.54, 1.807) is 0 Å². The van der Waals surface area contributed by atoms with E-state index in [1.165, 1.54) is 6.07 Å². The molecule has 0 spiro atoms. The molecule has 0 saturated heterocycles. The highest BCUT2D eigenvalue weighted by Crippen LogP contribution is 2.29. The highest BCUT2D eigenvalue weighted by molar-refractivity contribution is 7.88. The van der Waals surface area contributed by atoms with Crippen LogP contribution in [0.3, 0.4) is 0 Å². The molecule has 2 aromatic rings. The second-order valence-corrected chi connectivity index (χ2v) is 7.67. The lowest BCUT2D eigenvalue weighted by atomic mass is 10.1. The molecular formula is C18H19F3N2O3S. The fraction of sp³-hybridized carbons (Fsp3) is 0.278. The van der Waals surface area contributed by atoms with E-state index in [2.05, 4.69) is 10.0 Å². The Balaban J connectivity index is 1.81. The van der Waals surface area contributed by atoms with E-state index in [-0.39, 0.29) is 5.56 Å². The Kier molecular flexibility index (Phi) is 6.98. The first-order valence-electron chi connectivity index (χ1n) is 8.10. The number of rotatable bonds is 8. The van der Waals surface area contributed by atoms with Crippen molar-refractivity contribution >= 4 is 15.9 Å². The maximum absolute atomic E-state index is 12.7. The van der Waals surface area contributed by atoms with Gasteiger partial charge in [0.1, 0.15) is 0 Å². The fourth-order valence-corrected chi connectivity index (χ4v) is 3.41. The number of hydrogen-bond acceptors (Lipinski definition) is 3. The molecule has 0 aliphatic rings. The molecule has 0 bridgehead atoms. The normalized spacial score (nSPS) is 12.0. The number of nitrogens with one attached hydrogen (secondary N) is 2. The first kappa shape index (κ1) is 20.9. The summed E-state index contributed by atoms with van der Waals surface area (Å²) in [4.78, 5) is 11.7. The van der Waals surface area contributed by atoms with Crippen molar-refractivity contribution in [2.45, 2.75) is 18.3 Å². The van der Waals surface area contributed by atoms with Crippen LogP contribution in [0.15, 0.2) is 54.6 Å². The molecule has 27 heavy (non-hydrogen) atoms. The molecule has 2 rings (SSSR count). The summed E-state index contributed by atoms with van der Waals surface area (Å²) in [7, 11) is -3.95. The van der Waals surface area contributed by atoms with E-state index < -0.39 is 40.0 Å². The molecule has 5 nitrogen and oxygen atoms in total. The largest absolute Gasteiger partial charge is 0.416 e. The molecule has 146 valence electrons. The van der Waals surface area contributed by atoms with E-state index >= 15 is 0 Å². The number of amides is 1. The number of benzene rings is 2. The second kappa shape index (κ2) is 9.01. The van der Waals surface area contributed by atoms with Gasteiger partial charge in [-0.1, -0.05) is 48.5 Å². The van der Waals surface area contributed by atoms with Gasteiger partial charge in [-0.05, 0) is 23.6 Å². The first-order chi connectivity index (χ1) is 12.7. The van der Waals surface area contributed by atoms with Crippen LogP contribution in [-0.4, -0.2) is 27.4 Å². The summed E-state index contributed by atoms with van der Waals surface area (Å²) in [5.74, 6) is -1.16. The smallest absolute Gasteiger partial charge is 0.355 e. The van der Waals surface area contributed by atoms with Crippen LogP contribution in [0.5, 0.6) is 0 Å². The van der Waals surface area contributed by atoms with Crippen molar-refractivity contribution < 1.29 is 26.4 Å². The van der Waals surface area contributed by atoms with Crippen molar-refractivity contribution in [1.29, 1.82) is 0 Å². The summed E-state index contributed by atoms with van der Waals surface area (Å²) >= 11 is 0. The Hall–Kier alpha value is -2.39. The summed E-state index contributed by atoms with van der Waals surface area (Å²) in [6.07, 6.45) is -3.95. The van der Waals surface area contributed by atoms with Crippen LogP contribution in [-0.2, 0) is 33.2 Å². The second-order valence-electron chi connectivity index (χ2n) is 5.86. The Morgan fingerprint density at radius 1 is 0.963 bits per heavy atom. The lowest BCUT2D eigenvalue weighted by Crippen LogP contribution is -2.38. The topological polar surface area (TPSA) is 75.3 Å². The van der Waals surface area contributed by atoms with Crippen LogP contribution in [0.4, 0.5) is 13.2 Å². The third kappa shape index (κ3) is 7.40. The molecule has 2 N–H and O–H groups in total. The molecule has 0 atom stereocenters. The Bertz CT molecular complexity index is 869. The van der Waals surface area contributed by atoms with Crippen molar-refractivity contribution in [1.82, 2.24) is 10.0 Å². The molecule has 1 amide bonds. The lowest BCUT2D eigenvalue weighted by Gasteiger charge is -2.10. The van der Waals surface area contributed by atoms with E-state index in [0.717, 1.165) is 23.8 Å². The van der Waals surface area contributed by atoms with E-state index in [4.69, 9.17) is 0 Å². The molecule has 0 unspecified atom stereocenters. The van der Waals surface area contributed by atoms with Gasteiger partial charge in [-0.15, -0.1) is 0 Å². The van der Waals surface area contributed by atoms with Crippen molar-refractivity contribution in [2.75, 3.05) is 13.1 Å². The van der Waals surface area contributed by atoms with Crippen molar-refractivity contribution in [3.05, 3.63) is 71.3 Å². The van der Waals surface area contributed by atoms with Crippen LogP contribution in [0.2, 0.25) is 0 Å². The quantitative estimate of drug-likeness (QED) is 0.715. The molecule has 0 aliphatic carbocycles. The zero-order valence-electron chi connectivity index (χ0n) is 14.3. The molecule has 0 fully saturated rings. The highest BCUT2D eigenvalue weighted by Gasteiger charge is 2.30. The molecule has 0 aliphatic heterocycles. The van der Waals surface area contributed by atoms with Crippen molar-refractivity contribution in [3.8, 4) is 0 Å². The number of hydrogen-bond donors (Lipinski definition) is 2. The van der Waals surface area contributed by atoms with E-state index in [1.807, 2.05) is 30.3 Å². The standard InChI is InChI=1S/C18H19F3N2O3S/c19-18(20,21)16-8-4-7-15(11-16)13-27(25,26)23-12-17(24)22-10-9-14-5-2-1-3-6-14/h1-8,11,23H,9-10,12-13H2,(H,22,24). The summed E-state index contributed by atoms with van der Waals surface area (Å²) in [6.45, 7) is -0.131. The summed E-state index contributed by atoms with van der Waals surface area (Å²) in [5, 5.41) is 2.58. The molecule has 2 aromatic carbocycles. The van der Waals surface area contributed by atoms with Crippen LogP contribution in [0.25, 0.3) is 0 Å². The minimum Gasteiger partial charge on any atom is -0.355 e. The first-order valence-corrected chi connectivity index (χ1v) is 9.75. The summed E-state index contributed by atoms with van der Waals surface area (Å²) < 4.78 is 64.1. The van der Waals surface area contributed by atoms with Crippen LogP contribution in [0, 0.1) is 0 Å². The maximum atomic E-state index is 12.7. The van der Waals surface area contributed by atoms with Gasteiger partial charge >= 0.3 is 6.18 Å². The number of alkyl halides is 3. The van der Waals surface area contributed by atoms with Gasteiger partial charge in [0.05, 0.1) is 17.9 Å². The number of halogens is 3. The molecule has 0 aromatic heterocycles. The number of sulfonamides is 1. The van der Waals surface area contributed by atoms with Gasteiger partial charge in [-0.25, -0.2) is 13.1 Å². The highest BCUT2D eigenvalue weighted by atomic mass is 32.2. The van der Waals surface area contributed by atoms with Crippen LogP contribution < -0.4 is 10.0 Å². The zero-order valence-corrected chi connectivity index (χ0v) is 15.1. The lowest BCUT2D eigenvalue weighted by molar-refractivity contribution is -0.137. The van der Waals surface area contributed by atoms with Crippen molar-refractivity contribution in [3.63, 3.8) is 0 Å². The SMILES string of the molecule is O=C(CNS(=O)(=O)Cc1cccc(C(F)(F)F)c1)NCCc1ccccc1. The van der Waals surface area contributed by atoms with E-state index in [0.29, 0.717) is 13.0 Å². The Morgan fingerprint density at radius 2 is 1.63 bits per heavy atom. The van der Waals surface area contributed by atoms with Gasteiger partial charge in [0.25, 0.3) is 0 Å². The predicted molar refractivity (Wildman–Crippen MR) is 95.2 cm³/mol. The number of carbonyl (C=O) groups excluding carboxylic acids is 1. The molecule has 9 heteroatoms. The molecular weight excluding hydrogens is 381 g/mol. The third-order valence-electron chi connectivity index (χ3n) is 3.64. The average molecular weight is 400 g/mol. The molecule has 0 heterocycles. The monoisotopic (exact) mass is 400 g/mol. The van der Waals surface area contributed by atoms with Crippen molar-refractivity contribution in [2.24, 2.45) is 0 Å². The van der Waals surface area contributed by atoms with Gasteiger partial charge < -0.3 is 5.32 Å². The van der Waals surface area contributed by atoms with Crippen LogP contribution in [0.1, 0.15) is 16.7 Å². The minimum atomic E-state index is -4.55. The average Bonchev–Trinajstić information content (AvgIpc) is 2.60. The zero-order chi connectivity index (χ0) is 19.9. The minimum absolute atomic E-state index is 0.0122. The third-order valence-corrected chi connectivity index (χ3v) is 4.94. The Morgan fingerprint density at radius 3 is 2.30 bits per heavy atom. The van der Waals surface area contributed by atoms with Gasteiger partial charge in [-0.3, -0.25) is 4.79 Å². The van der Waals surface area contributed by atoms with E-state index in [9.17, 15) is 26.4 Å². The summed E-state index contributed by atoms with van der Waals surface area (Å²) in [6, 6.07) is 13.5. The van der Waals surface area contributed by atoms with Gasteiger partial charge in [0, 0.05) is 6.54 Å². The van der Waals surface area contributed by atoms with Gasteiger partial charge in [0.15, 0.2) is 0 Å². The fourth-order valence-electron chi connectivity index (χ4n) is 2.34. The molecule has 0 saturated carbocycles. The van der Waals surface area contributed by atoms with Gasteiger partial charge in [0.2, 0.25) is 15.9 Å². The predicted octanol–water partition coefficient (Wildman–Crippen LogP) is 2.48. The Labute approximate surface area is 155 Å².